The first-order chi connectivity index (χ1) is 6.92. The van der Waals surface area contributed by atoms with E-state index in [-0.39, 0.29) is 0 Å². The standard InChI is InChI=1S/C10H13N3O/c1-4-13-6-8(1)9(7-13)14-10-5-11-2-3-12-10/h2-3,5,8-9H,1,4,6-7H2/t8-,9+/m1/s1. The topological polar surface area (TPSA) is 38.2 Å². The molecule has 2 bridgehead atoms. The van der Waals surface area contributed by atoms with Crippen molar-refractivity contribution >= 4 is 0 Å². The zero-order valence-electron chi connectivity index (χ0n) is 7.97. The number of ether oxygens (including phenoxy) is 1. The van der Waals surface area contributed by atoms with Crippen LogP contribution in [0.15, 0.2) is 18.6 Å². The molecule has 3 heterocycles. The van der Waals surface area contributed by atoms with Crippen LogP contribution in [0.1, 0.15) is 6.42 Å². The predicted molar refractivity (Wildman–Crippen MR) is 51.0 cm³/mol. The fraction of sp³-hybridized carbons (Fsp3) is 0.600. The fourth-order valence-corrected chi connectivity index (χ4v) is 2.37. The minimum Gasteiger partial charge on any atom is -0.472 e. The van der Waals surface area contributed by atoms with Crippen molar-refractivity contribution in [3.8, 4) is 5.88 Å². The van der Waals surface area contributed by atoms with E-state index < -0.39 is 0 Å². The van der Waals surface area contributed by atoms with Crippen LogP contribution in [0, 0.1) is 5.92 Å². The van der Waals surface area contributed by atoms with Crippen molar-refractivity contribution in [1.82, 2.24) is 14.9 Å². The Hall–Kier alpha value is -1.16. The summed E-state index contributed by atoms with van der Waals surface area (Å²) in [4.78, 5) is 10.6. The molecule has 2 saturated heterocycles. The molecule has 0 aliphatic carbocycles. The molecule has 3 atom stereocenters. The Morgan fingerprint density at radius 1 is 1.36 bits per heavy atom. The molecule has 1 aromatic rings. The number of aromatic nitrogens is 2. The summed E-state index contributed by atoms with van der Waals surface area (Å²) in [6, 6.07) is 0. The molecular weight excluding hydrogens is 178 g/mol. The normalized spacial score (nSPS) is 34.7. The van der Waals surface area contributed by atoms with Gasteiger partial charge in [-0.1, -0.05) is 0 Å². The molecule has 0 radical (unpaired) electrons. The summed E-state index contributed by atoms with van der Waals surface area (Å²) in [6.45, 7) is 3.50. The third kappa shape index (κ3) is 1.35. The van der Waals surface area contributed by atoms with E-state index in [9.17, 15) is 0 Å². The van der Waals surface area contributed by atoms with Gasteiger partial charge in [0.1, 0.15) is 6.10 Å². The molecule has 0 N–H and O–H groups in total. The number of hydrogen-bond acceptors (Lipinski definition) is 4. The summed E-state index contributed by atoms with van der Waals surface area (Å²) in [6.07, 6.45) is 6.62. The van der Waals surface area contributed by atoms with E-state index >= 15 is 0 Å². The van der Waals surface area contributed by atoms with Crippen LogP contribution in [0.25, 0.3) is 0 Å². The smallest absolute Gasteiger partial charge is 0.232 e. The molecule has 2 aliphatic rings. The van der Waals surface area contributed by atoms with Crippen LogP contribution in [-0.4, -0.2) is 40.6 Å². The lowest BCUT2D eigenvalue weighted by molar-refractivity contribution is 0.135. The SMILES string of the molecule is c1cnc(O[C@H]2CN3CC[C@@H]2C3)cn1. The largest absolute Gasteiger partial charge is 0.472 e. The van der Waals surface area contributed by atoms with Gasteiger partial charge in [0.15, 0.2) is 0 Å². The first-order valence-electron chi connectivity index (χ1n) is 5.07. The van der Waals surface area contributed by atoms with E-state index in [1.54, 1.807) is 18.6 Å². The second-order valence-electron chi connectivity index (χ2n) is 4.01. The van der Waals surface area contributed by atoms with Crippen LogP contribution in [-0.2, 0) is 0 Å². The molecule has 0 amide bonds. The Bertz CT molecular complexity index is 316. The fourth-order valence-electron chi connectivity index (χ4n) is 2.37. The van der Waals surface area contributed by atoms with Gasteiger partial charge in [-0.15, -0.1) is 0 Å². The molecule has 0 saturated carbocycles. The van der Waals surface area contributed by atoms with Crippen LogP contribution in [0.3, 0.4) is 0 Å². The molecule has 4 heteroatoms. The highest BCUT2D eigenvalue weighted by Crippen LogP contribution is 2.30. The number of fused-ring (bicyclic) bond motifs is 2. The third-order valence-corrected chi connectivity index (χ3v) is 3.08. The summed E-state index contributed by atoms with van der Waals surface area (Å²) >= 11 is 0. The van der Waals surface area contributed by atoms with Gasteiger partial charge >= 0.3 is 0 Å². The highest BCUT2D eigenvalue weighted by atomic mass is 16.5. The summed E-state index contributed by atoms with van der Waals surface area (Å²) in [7, 11) is 0. The molecule has 3 rings (SSSR count). The van der Waals surface area contributed by atoms with E-state index in [2.05, 4.69) is 14.9 Å². The molecule has 14 heavy (non-hydrogen) atoms. The summed E-state index contributed by atoms with van der Waals surface area (Å²) in [5, 5.41) is 0. The lowest BCUT2D eigenvalue weighted by Crippen LogP contribution is -2.32. The van der Waals surface area contributed by atoms with Crippen LogP contribution in [0.5, 0.6) is 5.88 Å². The third-order valence-electron chi connectivity index (χ3n) is 3.08. The Labute approximate surface area is 82.9 Å². The number of hydrogen-bond donors (Lipinski definition) is 0. The van der Waals surface area contributed by atoms with Crippen molar-refractivity contribution in [2.75, 3.05) is 19.6 Å². The molecule has 4 nitrogen and oxygen atoms in total. The summed E-state index contributed by atoms with van der Waals surface area (Å²) in [5.41, 5.74) is 0. The van der Waals surface area contributed by atoms with Crippen molar-refractivity contribution in [3.05, 3.63) is 18.6 Å². The van der Waals surface area contributed by atoms with Gasteiger partial charge in [-0.3, -0.25) is 9.88 Å². The molecule has 0 spiro atoms. The maximum atomic E-state index is 5.79. The molecule has 0 aromatic carbocycles. The van der Waals surface area contributed by atoms with E-state index in [1.807, 2.05) is 0 Å². The van der Waals surface area contributed by atoms with E-state index in [4.69, 9.17) is 4.74 Å². The second kappa shape index (κ2) is 3.20. The van der Waals surface area contributed by atoms with E-state index in [0.717, 1.165) is 6.54 Å². The van der Waals surface area contributed by atoms with Gasteiger partial charge in [0.25, 0.3) is 0 Å². The van der Waals surface area contributed by atoms with Gasteiger partial charge in [0.05, 0.1) is 6.20 Å². The lowest BCUT2D eigenvalue weighted by Gasteiger charge is -2.22. The molecule has 1 aromatic heterocycles. The summed E-state index contributed by atoms with van der Waals surface area (Å²) < 4.78 is 5.79. The van der Waals surface area contributed by atoms with Crippen molar-refractivity contribution in [2.45, 2.75) is 12.5 Å². The van der Waals surface area contributed by atoms with Crippen molar-refractivity contribution < 1.29 is 4.74 Å². The maximum absolute atomic E-state index is 5.79. The van der Waals surface area contributed by atoms with Crippen molar-refractivity contribution in [2.24, 2.45) is 5.92 Å². The molecule has 1 unspecified atom stereocenters. The molecule has 2 aliphatic heterocycles. The Morgan fingerprint density at radius 3 is 3.00 bits per heavy atom. The van der Waals surface area contributed by atoms with E-state index in [1.165, 1.54) is 19.5 Å². The highest BCUT2D eigenvalue weighted by Gasteiger charge is 2.39. The van der Waals surface area contributed by atoms with Crippen LogP contribution in [0.2, 0.25) is 0 Å². The van der Waals surface area contributed by atoms with Gasteiger partial charge in [-0.05, 0) is 13.0 Å². The quantitative estimate of drug-likeness (QED) is 0.684. The first kappa shape index (κ1) is 8.17. The van der Waals surface area contributed by atoms with E-state index in [0.29, 0.717) is 17.9 Å². The van der Waals surface area contributed by atoms with Crippen molar-refractivity contribution in [3.63, 3.8) is 0 Å². The minimum absolute atomic E-state index is 0.334. The highest BCUT2D eigenvalue weighted by molar-refractivity contribution is 5.04. The Kier molecular flexibility index (Phi) is 1.87. The summed E-state index contributed by atoms with van der Waals surface area (Å²) in [5.74, 6) is 1.36. The van der Waals surface area contributed by atoms with Crippen LogP contribution < -0.4 is 4.74 Å². The van der Waals surface area contributed by atoms with Gasteiger partial charge in [0, 0.05) is 31.4 Å². The van der Waals surface area contributed by atoms with Gasteiger partial charge in [0.2, 0.25) is 5.88 Å². The number of piperidine rings is 1. The van der Waals surface area contributed by atoms with Crippen LogP contribution >= 0.6 is 0 Å². The first-order valence-corrected chi connectivity index (χ1v) is 5.07. The Morgan fingerprint density at radius 2 is 2.36 bits per heavy atom. The zero-order valence-corrected chi connectivity index (χ0v) is 7.97. The van der Waals surface area contributed by atoms with Crippen LogP contribution in [0.4, 0.5) is 0 Å². The van der Waals surface area contributed by atoms with Gasteiger partial charge in [-0.2, -0.15) is 0 Å². The average Bonchev–Trinajstić information content (AvgIpc) is 2.81. The number of rotatable bonds is 2. The molecule has 74 valence electrons. The molecule has 2 fully saturated rings. The van der Waals surface area contributed by atoms with Gasteiger partial charge < -0.3 is 4.74 Å². The second-order valence-corrected chi connectivity index (χ2v) is 4.01. The predicted octanol–water partition coefficient (Wildman–Crippen LogP) is 0.559. The monoisotopic (exact) mass is 191 g/mol. The van der Waals surface area contributed by atoms with Crippen molar-refractivity contribution in [1.29, 1.82) is 0 Å². The van der Waals surface area contributed by atoms with Gasteiger partial charge in [-0.25, -0.2) is 4.98 Å². The zero-order chi connectivity index (χ0) is 9.38. The lowest BCUT2D eigenvalue weighted by atomic mass is 10.0. The maximum Gasteiger partial charge on any atom is 0.232 e. The number of nitrogens with zero attached hydrogens (tertiary/aromatic N) is 3. The minimum atomic E-state index is 0.334. The average molecular weight is 191 g/mol. The Balaban J connectivity index is 1.69. The molecular formula is C10H13N3O.